The number of hydrogen-bond donors (Lipinski definition) is 0. The van der Waals surface area contributed by atoms with Crippen molar-refractivity contribution in [1.29, 1.82) is 0 Å². The molecule has 0 unspecified atom stereocenters. The van der Waals surface area contributed by atoms with Crippen molar-refractivity contribution in [3.05, 3.63) is 22.4 Å². The van der Waals surface area contributed by atoms with Crippen LogP contribution in [0.5, 0.6) is 0 Å². The third-order valence-electron chi connectivity index (χ3n) is 2.44. The maximum Gasteiger partial charge on any atom is 0.264 e. The van der Waals surface area contributed by atoms with Gasteiger partial charge in [0.1, 0.15) is 0 Å². The molecule has 15 heavy (non-hydrogen) atoms. The topological polar surface area (TPSA) is 29.5 Å². The van der Waals surface area contributed by atoms with Gasteiger partial charge >= 0.3 is 0 Å². The highest BCUT2D eigenvalue weighted by Crippen LogP contribution is 2.17. The third-order valence-corrected chi connectivity index (χ3v) is 3.30. The van der Waals surface area contributed by atoms with Crippen LogP contribution in [0.2, 0.25) is 0 Å². The lowest BCUT2D eigenvalue weighted by molar-refractivity contribution is -0.0585. The number of carbonyl (C=O) groups is 1. The van der Waals surface area contributed by atoms with Crippen LogP contribution in [-0.2, 0) is 4.74 Å². The first kappa shape index (κ1) is 10.6. The van der Waals surface area contributed by atoms with Crippen LogP contribution < -0.4 is 0 Å². The number of thiophene rings is 1. The molecule has 1 aromatic rings. The standard InChI is InChI=1S/C11H15NO2S/c1-8-6-12(7-9(2)14-8)11(13)10-4-3-5-15-10/h3-5,8-9H,6-7H2,1-2H3/t8-,9-/m0/s1. The summed E-state index contributed by atoms with van der Waals surface area (Å²) in [7, 11) is 0. The van der Waals surface area contributed by atoms with Crippen LogP contribution in [0.15, 0.2) is 17.5 Å². The first-order valence-corrected chi connectivity index (χ1v) is 6.03. The lowest BCUT2D eigenvalue weighted by Gasteiger charge is -2.35. The smallest absolute Gasteiger partial charge is 0.264 e. The van der Waals surface area contributed by atoms with Gasteiger partial charge in [0.25, 0.3) is 5.91 Å². The molecule has 1 aromatic heterocycles. The van der Waals surface area contributed by atoms with Gasteiger partial charge in [0.2, 0.25) is 0 Å². The van der Waals surface area contributed by atoms with E-state index in [0.717, 1.165) is 4.88 Å². The van der Waals surface area contributed by atoms with Crippen molar-refractivity contribution < 1.29 is 9.53 Å². The number of morpholine rings is 1. The predicted octanol–water partition coefficient (Wildman–Crippen LogP) is 2.00. The second-order valence-electron chi connectivity index (χ2n) is 3.94. The van der Waals surface area contributed by atoms with E-state index in [1.807, 2.05) is 36.3 Å². The second-order valence-corrected chi connectivity index (χ2v) is 4.89. The predicted molar refractivity (Wildman–Crippen MR) is 60.2 cm³/mol. The van der Waals surface area contributed by atoms with Crippen LogP contribution >= 0.6 is 11.3 Å². The number of hydrogen-bond acceptors (Lipinski definition) is 3. The molecular weight excluding hydrogens is 210 g/mol. The minimum atomic E-state index is 0.131. The Hall–Kier alpha value is -0.870. The molecule has 1 amide bonds. The normalized spacial score (nSPS) is 26.7. The Kier molecular flexibility index (Phi) is 3.07. The van der Waals surface area contributed by atoms with Crippen molar-refractivity contribution in [3.8, 4) is 0 Å². The van der Waals surface area contributed by atoms with Gasteiger partial charge in [-0.15, -0.1) is 11.3 Å². The highest BCUT2D eigenvalue weighted by molar-refractivity contribution is 7.12. The zero-order valence-corrected chi connectivity index (χ0v) is 9.79. The Morgan fingerprint density at radius 1 is 1.47 bits per heavy atom. The monoisotopic (exact) mass is 225 g/mol. The summed E-state index contributed by atoms with van der Waals surface area (Å²) in [5.74, 6) is 0.131. The highest BCUT2D eigenvalue weighted by Gasteiger charge is 2.26. The van der Waals surface area contributed by atoms with Crippen molar-refractivity contribution in [2.45, 2.75) is 26.1 Å². The summed E-state index contributed by atoms with van der Waals surface area (Å²) in [5.41, 5.74) is 0. The van der Waals surface area contributed by atoms with Gasteiger partial charge in [-0.05, 0) is 25.3 Å². The zero-order chi connectivity index (χ0) is 10.8. The molecule has 2 heterocycles. The van der Waals surface area contributed by atoms with E-state index in [1.54, 1.807) is 0 Å². The van der Waals surface area contributed by atoms with Crippen LogP contribution in [0.3, 0.4) is 0 Å². The van der Waals surface area contributed by atoms with Crippen LogP contribution in [0.25, 0.3) is 0 Å². The zero-order valence-electron chi connectivity index (χ0n) is 8.97. The average Bonchev–Trinajstić information content (AvgIpc) is 2.67. The third kappa shape index (κ3) is 2.38. The Morgan fingerprint density at radius 3 is 2.67 bits per heavy atom. The minimum absolute atomic E-state index is 0.131. The molecule has 1 saturated heterocycles. The summed E-state index contributed by atoms with van der Waals surface area (Å²) in [6, 6.07) is 3.78. The fraction of sp³-hybridized carbons (Fsp3) is 0.545. The minimum Gasteiger partial charge on any atom is -0.372 e. The van der Waals surface area contributed by atoms with E-state index in [1.165, 1.54) is 11.3 Å². The van der Waals surface area contributed by atoms with Gasteiger partial charge in [-0.1, -0.05) is 6.07 Å². The van der Waals surface area contributed by atoms with E-state index < -0.39 is 0 Å². The number of ether oxygens (including phenoxy) is 1. The SMILES string of the molecule is C[C@H]1CN(C(=O)c2cccs2)C[C@H](C)O1. The molecule has 0 radical (unpaired) electrons. The Bertz CT molecular complexity index is 326. The van der Waals surface area contributed by atoms with Gasteiger partial charge in [-0.2, -0.15) is 0 Å². The van der Waals surface area contributed by atoms with Crippen LogP contribution in [-0.4, -0.2) is 36.1 Å². The maximum absolute atomic E-state index is 12.0. The van der Waals surface area contributed by atoms with Gasteiger partial charge in [0.15, 0.2) is 0 Å². The molecule has 0 bridgehead atoms. The van der Waals surface area contributed by atoms with E-state index in [9.17, 15) is 4.79 Å². The molecule has 0 saturated carbocycles. The summed E-state index contributed by atoms with van der Waals surface area (Å²) >= 11 is 1.50. The molecule has 4 heteroatoms. The van der Waals surface area contributed by atoms with Gasteiger partial charge < -0.3 is 9.64 Å². The van der Waals surface area contributed by atoms with Gasteiger partial charge in [-0.25, -0.2) is 0 Å². The number of amides is 1. The molecule has 0 aliphatic carbocycles. The molecule has 1 fully saturated rings. The highest BCUT2D eigenvalue weighted by atomic mass is 32.1. The average molecular weight is 225 g/mol. The summed E-state index contributed by atoms with van der Waals surface area (Å²) in [6.45, 7) is 5.40. The van der Waals surface area contributed by atoms with E-state index >= 15 is 0 Å². The largest absolute Gasteiger partial charge is 0.372 e. The first-order valence-electron chi connectivity index (χ1n) is 5.15. The Balaban J connectivity index is 2.07. The molecule has 3 nitrogen and oxygen atoms in total. The lowest BCUT2D eigenvalue weighted by Crippen LogP contribution is -2.48. The summed E-state index contributed by atoms with van der Waals surface area (Å²) in [6.07, 6.45) is 0.273. The molecule has 82 valence electrons. The fourth-order valence-corrected chi connectivity index (χ4v) is 2.59. The number of nitrogens with zero attached hydrogens (tertiary/aromatic N) is 1. The van der Waals surface area contributed by atoms with Gasteiger partial charge in [0.05, 0.1) is 17.1 Å². The van der Waals surface area contributed by atoms with Crippen molar-refractivity contribution in [2.75, 3.05) is 13.1 Å². The van der Waals surface area contributed by atoms with E-state index in [0.29, 0.717) is 13.1 Å². The molecule has 2 atom stereocenters. The summed E-state index contributed by atoms with van der Waals surface area (Å²) in [4.78, 5) is 14.7. The van der Waals surface area contributed by atoms with Crippen molar-refractivity contribution in [3.63, 3.8) is 0 Å². The van der Waals surface area contributed by atoms with E-state index in [-0.39, 0.29) is 18.1 Å². The second kappa shape index (κ2) is 4.33. The molecule has 0 N–H and O–H groups in total. The number of rotatable bonds is 1. The van der Waals surface area contributed by atoms with E-state index in [2.05, 4.69) is 0 Å². The molecule has 1 aliphatic rings. The molecule has 2 rings (SSSR count). The van der Waals surface area contributed by atoms with Crippen molar-refractivity contribution in [1.82, 2.24) is 4.90 Å². The first-order chi connectivity index (χ1) is 7.16. The fourth-order valence-electron chi connectivity index (χ4n) is 1.90. The summed E-state index contributed by atoms with van der Waals surface area (Å²) < 4.78 is 5.59. The van der Waals surface area contributed by atoms with E-state index in [4.69, 9.17) is 4.74 Å². The van der Waals surface area contributed by atoms with Gasteiger partial charge in [0, 0.05) is 13.1 Å². The molecule has 0 aromatic carbocycles. The molecular formula is C11H15NO2S. The quantitative estimate of drug-likeness (QED) is 0.731. The Labute approximate surface area is 93.7 Å². The van der Waals surface area contributed by atoms with Crippen LogP contribution in [0.4, 0.5) is 0 Å². The lowest BCUT2D eigenvalue weighted by atomic mass is 10.2. The van der Waals surface area contributed by atoms with Crippen molar-refractivity contribution in [2.24, 2.45) is 0 Å². The summed E-state index contributed by atoms with van der Waals surface area (Å²) in [5, 5.41) is 1.93. The number of carbonyl (C=O) groups excluding carboxylic acids is 1. The maximum atomic E-state index is 12.0. The van der Waals surface area contributed by atoms with Gasteiger partial charge in [-0.3, -0.25) is 4.79 Å². The van der Waals surface area contributed by atoms with Crippen LogP contribution in [0.1, 0.15) is 23.5 Å². The van der Waals surface area contributed by atoms with Crippen molar-refractivity contribution >= 4 is 17.2 Å². The molecule has 0 spiro atoms. The molecule has 1 aliphatic heterocycles. The van der Waals surface area contributed by atoms with Crippen LogP contribution in [0, 0.1) is 0 Å². The Morgan fingerprint density at radius 2 is 2.13 bits per heavy atom.